The van der Waals surface area contributed by atoms with Crippen LogP contribution in [-0.2, 0) is 0 Å². The van der Waals surface area contributed by atoms with Gasteiger partial charge in [-0.25, -0.2) is 0 Å². The Labute approximate surface area is 59.5 Å². The topological polar surface area (TPSA) is 27.1 Å². The Morgan fingerprint density at radius 3 is 2.50 bits per heavy atom. The van der Waals surface area contributed by atoms with Crippen LogP contribution in [0.1, 0.15) is 0 Å². The van der Waals surface area contributed by atoms with Crippen LogP contribution < -0.4 is 0 Å². The molecule has 0 spiro atoms. The first kappa shape index (κ1) is 8.11. The van der Waals surface area contributed by atoms with Crippen molar-refractivity contribution in [2.75, 3.05) is 19.3 Å². The van der Waals surface area contributed by atoms with E-state index in [-0.39, 0.29) is 12.4 Å². The predicted molar refractivity (Wildman–Crippen MR) is 40.1 cm³/mol. The van der Waals surface area contributed by atoms with Crippen LogP contribution >= 0.6 is 24.2 Å². The van der Waals surface area contributed by atoms with E-state index >= 15 is 0 Å². The summed E-state index contributed by atoms with van der Waals surface area (Å²) in [4.78, 5) is 1.95. The van der Waals surface area contributed by atoms with E-state index in [1.165, 1.54) is 0 Å². The maximum absolute atomic E-state index is 7.14. The van der Waals surface area contributed by atoms with Crippen LogP contribution in [0.25, 0.3) is 0 Å². The molecule has 2 nitrogen and oxygen atoms in total. The summed E-state index contributed by atoms with van der Waals surface area (Å²) in [7, 11) is 1.95. The molecule has 1 aliphatic heterocycles. The second kappa shape index (κ2) is 3.20. The lowest BCUT2D eigenvalue weighted by Gasteiger charge is -2.05. The zero-order valence-electron chi connectivity index (χ0n) is 4.68. The molecule has 48 valence electrons. The van der Waals surface area contributed by atoms with Gasteiger partial charge in [-0.05, 0) is 0 Å². The molecule has 0 bridgehead atoms. The minimum absolute atomic E-state index is 0. The van der Waals surface area contributed by atoms with Crippen LogP contribution in [0.3, 0.4) is 0 Å². The highest BCUT2D eigenvalue weighted by Crippen LogP contribution is 2.12. The minimum Gasteiger partial charge on any atom is -0.354 e. The number of hydrogen-bond acceptors (Lipinski definition) is 2. The Morgan fingerprint density at radius 2 is 2.38 bits per heavy atom. The third-order valence-corrected chi connectivity index (χ3v) is 1.98. The average molecular weight is 153 g/mol. The predicted octanol–water partition coefficient (Wildman–Crippen LogP) is 1.02. The maximum Gasteiger partial charge on any atom is 0.156 e. The van der Waals surface area contributed by atoms with Gasteiger partial charge in [-0.15, -0.1) is 12.4 Å². The molecule has 8 heavy (non-hydrogen) atoms. The molecule has 0 aromatic rings. The molecule has 1 saturated heterocycles. The van der Waals surface area contributed by atoms with Crippen molar-refractivity contribution < 1.29 is 0 Å². The van der Waals surface area contributed by atoms with Crippen molar-refractivity contribution in [2.45, 2.75) is 0 Å². The van der Waals surface area contributed by atoms with Crippen molar-refractivity contribution in [3.8, 4) is 0 Å². The quantitative estimate of drug-likeness (QED) is 0.561. The highest BCUT2D eigenvalue weighted by atomic mass is 35.5. The van der Waals surface area contributed by atoms with Gasteiger partial charge in [0.1, 0.15) is 0 Å². The van der Waals surface area contributed by atoms with Crippen molar-refractivity contribution in [3.05, 3.63) is 0 Å². The zero-order valence-corrected chi connectivity index (χ0v) is 6.31. The molecule has 4 heteroatoms. The Hall–Kier alpha value is 0.110. The number of rotatable bonds is 0. The molecule has 1 rings (SSSR count). The first-order valence-electron chi connectivity index (χ1n) is 2.23. The molecule has 1 aliphatic rings. The molecular formula is C4H9ClN2S. The van der Waals surface area contributed by atoms with Crippen LogP contribution in [0.4, 0.5) is 0 Å². The lowest BCUT2D eigenvalue weighted by atomic mass is 10.7. The van der Waals surface area contributed by atoms with Crippen LogP contribution in [0.15, 0.2) is 0 Å². The highest BCUT2D eigenvalue weighted by molar-refractivity contribution is 8.14. The van der Waals surface area contributed by atoms with Gasteiger partial charge in [0.15, 0.2) is 5.17 Å². The van der Waals surface area contributed by atoms with E-state index in [9.17, 15) is 0 Å². The summed E-state index contributed by atoms with van der Waals surface area (Å²) in [6.45, 7) is 1.05. The molecule has 0 atom stereocenters. The molecule has 0 aromatic heterocycles. The fourth-order valence-corrected chi connectivity index (χ4v) is 1.36. The minimum atomic E-state index is 0. The van der Waals surface area contributed by atoms with Crippen molar-refractivity contribution >= 4 is 29.3 Å². The summed E-state index contributed by atoms with van der Waals surface area (Å²) in [5, 5.41) is 7.85. The second-order valence-electron chi connectivity index (χ2n) is 1.58. The molecule has 0 amide bonds. The van der Waals surface area contributed by atoms with Crippen LogP contribution in [-0.4, -0.2) is 29.4 Å². The first-order chi connectivity index (χ1) is 3.30. The van der Waals surface area contributed by atoms with E-state index in [4.69, 9.17) is 5.41 Å². The lowest BCUT2D eigenvalue weighted by molar-refractivity contribution is 0.560. The summed E-state index contributed by atoms with van der Waals surface area (Å²) >= 11 is 1.61. The lowest BCUT2D eigenvalue weighted by Crippen LogP contribution is -2.16. The van der Waals surface area contributed by atoms with Gasteiger partial charge in [0.25, 0.3) is 0 Å². The van der Waals surface area contributed by atoms with Gasteiger partial charge >= 0.3 is 0 Å². The summed E-state index contributed by atoms with van der Waals surface area (Å²) in [6.07, 6.45) is 0. The molecular weight excluding hydrogens is 144 g/mol. The van der Waals surface area contributed by atoms with Gasteiger partial charge in [-0.2, -0.15) is 0 Å². The van der Waals surface area contributed by atoms with E-state index in [1.54, 1.807) is 11.8 Å². The number of nitrogens with one attached hydrogen (secondary N) is 1. The van der Waals surface area contributed by atoms with E-state index < -0.39 is 0 Å². The van der Waals surface area contributed by atoms with Gasteiger partial charge in [0.2, 0.25) is 0 Å². The zero-order chi connectivity index (χ0) is 5.28. The van der Waals surface area contributed by atoms with E-state index in [0.717, 1.165) is 12.3 Å². The van der Waals surface area contributed by atoms with Gasteiger partial charge in [-0.3, -0.25) is 5.41 Å². The third kappa shape index (κ3) is 1.56. The van der Waals surface area contributed by atoms with E-state index in [2.05, 4.69) is 0 Å². The second-order valence-corrected chi connectivity index (χ2v) is 2.66. The smallest absolute Gasteiger partial charge is 0.156 e. The van der Waals surface area contributed by atoms with Gasteiger partial charge < -0.3 is 4.90 Å². The highest BCUT2D eigenvalue weighted by Gasteiger charge is 2.11. The number of halogens is 1. The normalized spacial score (nSPS) is 18.6. The maximum atomic E-state index is 7.14. The fourth-order valence-electron chi connectivity index (χ4n) is 0.491. The monoisotopic (exact) mass is 152 g/mol. The molecule has 0 unspecified atom stereocenters. The molecule has 0 saturated carbocycles. The third-order valence-electron chi connectivity index (χ3n) is 1.01. The Morgan fingerprint density at radius 1 is 1.75 bits per heavy atom. The first-order valence-corrected chi connectivity index (χ1v) is 3.22. The van der Waals surface area contributed by atoms with Gasteiger partial charge in [-0.1, -0.05) is 11.8 Å². The summed E-state index contributed by atoms with van der Waals surface area (Å²) in [6, 6.07) is 0. The molecule has 0 aromatic carbocycles. The van der Waals surface area contributed by atoms with Crippen molar-refractivity contribution in [1.29, 1.82) is 5.41 Å². The summed E-state index contributed by atoms with van der Waals surface area (Å²) in [5.41, 5.74) is 0. The molecule has 1 heterocycles. The fraction of sp³-hybridized carbons (Fsp3) is 0.750. The Balaban J connectivity index is 0.000000490. The molecule has 1 fully saturated rings. The molecule has 0 aliphatic carbocycles. The number of amidine groups is 1. The van der Waals surface area contributed by atoms with Crippen molar-refractivity contribution in [3.63, 3.8) is 0 Å². The number of hydrogen-bond donors (Lipinski definition) is 1. The molecule has 0 radical (unpaired) electrons. The Bertz CT molecular complexity index is 96.0. The molecule has 1 N–H and O–H groups in total. The van der Waals surface area contributed by atoms with E-state index in [0.29, 0.717) is 5.17 Å². The van der Waals surface area contributed by atoms with Gasteiger partial charge in [0, 0.05) is 19.3 Å². The Kier molecular flexibility index (Phi) is 3.24. The van der Waals surface area contributed by atoms with Crippen LogP contribution in [0.5, 0.6) is 0 Å². The largest absolute Gasteiger partial charge is 0.354 e. The summed E-state index contributed by atoms with van der Waals surface area (Å²) < 4.78 is 0. The number of thioether (sulfide) groups is 1. The number of nitrogens with zero attached hydrogens (tertiary/aromatic N) is 1. The summed E-state index contributed by atoms with van der Waals surface area (Å²) in [5.74, 6) is 1.09. The SMILES string of the molecule is CN1CCSC1=N.Cl. The van der Waals surface area contributed by atoms with Crippen molar-refractivity contribution in [2.24, 2.45) is 0 Å². The standard InChI is InChI=1S/C4H8N2S.ClH/c1-6-2-3-7-4(6)5;/h5H,2-3H2,1H3;1H. The van der Waals surface area contributed by atoms with Crippen molar-refractivity contribution in [1.82, 2.24) is 4.90 Å². The van der Waals surface area contributed by atoms with E-state index in [1.807, 2.05) is 11.9 Å². The van der Waals surface area contributed by atoms with Gasteiger partial charge in [0.05, 0.1) is 0 Å². The van der Waals surface area contributed by atoms with Crippen LogP contribution in [0.2, 0.25) is 0 Å². The van der Waals surface area contributed by atoms with Crippen LogP contribution in [0, 0.1) is 5.41 Å². The average Bonchev–Trinajstić information content (AvgIpc) is 1.91.